The summed E-state index contributed by atoms with van der Waals surface area (Å²) in [4.78, 5) is 15.5. The van der Waals surface area contributed by atoms with Crippen molar-refractivity contribution in [2.24, 2.45) is 0 Å². The maximum atomic E-state index is 11.3. The molecular weight excluding hydrogens is 457 g/mol. The van der Waals surface area contributed by atoms with Gasteiger partial charge in [-0.2, -0.15) is 0 Å². The van der Waals surface area contributed by atoms with Gasteiger partial charge in [0, 0.05) is 32.2 Å². The Morgan fingerprint density at radius 3 is 2.47 bits per heavy atom. The van der Waals surface area contributed by atoms with Gasteiger partial charge in [-0.1, -0.05) is 29.3 Å². The minimum absolute atomic E-state index is 0.0862. The van der Waals surface area contributed by atoms with E-state index in [2.05, 4.69) is 9.80 Å². The van der Waals surface area contributed by atoms with Crippen LogP contribution in [-0.2, 0) is 0 Å². The predicted molar refractivity (Wildman–Crippen MR) is 126 cm³/mol. The fourth-order valence-electron chi connectivity index (χ4n) is 3.72. The van der Waals surface area contributed by atoms with Crippen LogP contribution in [0.2, 0.25) is 10.0 Å². The van der Waals surface area contributed by atoms with Crippen molar-refractivity contribution < 1.29 is 19.1 Å². The Labute approximate surface area is 197 Å². The molecule has 174 valence electrons. The number of piperazine rings is 1. The molecule has 0 N–H and O–H groups in total. The van der Waals surface area contributed by atoms with Crippen LogP contribution < -0.4 is 19.1 Å². The second kappa shape index (κ2) is 11.4. The zero-order valence-electron chi connectivity index (χ0n) is 18.2. The third-order valence-corrected chi connectivity index (χ3v) is 6.22. The third-order valence-electron chi connectivity index (χ3n) is 5.41. The molecule has 0 spiro atoms. The van der Waals surface area contributed by atoms with Crippen molar-refractivity contribution in [3.63, 3.8) is 0 Å². The maximum Gasteiger partial charge on any atom is 0.318 e. The summed E-state index contributed by atoms with van der Waals surface area (Å²) in [6.45, 7) is 5.12. The van der Waals surface area contributed by atoms with E-state index in [0.717, 1.165) is 51.3 Å². The normalized spacial score (nSPS) is 14.3. The number of nitrogens with zero attached hydrogens (tertiary/aromatic N) is 3. The molecule has 0 aromatic heterocycles. The molecule has 0 unspecified atom stereocenters. The number of ether oxygens (including phenoxy) is 3. The average Bonchev–Trinajstić information content (AvgIpc) is 2.80. The molecule has 1 aliphatic heterocycles. The van der Waals surface area contributed by atoms with Crippen LogP contribution in [0.5, 0.6) is 17.2 Å². The Balaban J connectivity index is 1.42. The first-order valence-electron chi connectivity index (χ1n) is 10.4. The first-order chi connectivity index (χ1) is 15.4. The second-order valence-electron chi connectivity index (χ2n) is 7.39. The number of nitro groups is 1. The van der Waals surface area contributed by atoms with Crippen molar-refractivity contribution in [1.29, 1.82) is 0 Å². The van der Waals surface area contributed by atoms with E-state index < -0.39 is 4.92 Å². The van der Waals surface area contributed by atoms with Crippen LogP contribution >= 0.6 is 23.2 Å². The van der Waals surface area contributed by atoms with Crippen molar-refractivity contribution in [2.45, 2.75) is 12.8 Å². The van der Waals surface area contributed by atoms with Crippen LogP contribution in [0.15, 0.2) is 30.3 Å². The van der Waals surface area contributed by atoms with Gasteiger partial charge < -0.3 is 19.1 Å². The number of unbranched alkanes of at least 4 members (excludes halogenated alkanes) is 1. The maximum absolute atomic E-state index is 11.3. The summed E-state index contributed by atoms with van der Waals surface area (Å²) in [6, 6.07) is 8.68. The predicted octanol–water partition coefficient (Wildman–Crippen LogP) is 4.90. The molecule has 2 aromatic carbocycles. The van der Waals surface area contributed by atoms with Crippen LogP contribution in [0, 0.1) is 10.1 Å². The molecule has 1 heterocycles. The van der Waals surface area contributed by atoms with E-state index in [-0.39, 0.29) is 17.2 Å². The average molecular weight is 484 g/mol. The molecule has 8 nitrogen and oxygen atoms in total. The molecule has 3 rings (SSSR count). The lowest BCUT2D eigenvalue weighted by molar-refractivity contribution is -0.385. The molecule has 2 aromatic rings. The van der Waals surface area contributed by atoms with Crippen molar-refractivity contribution in [1.82, 2.24) is 4.90 Å². The summed E-state index contributed by atoms with van der Waals surface area (Å²) in [5.74, 6) is 0.749. The standard InChI is InChI=1S/C22H27Cl2N3O5/c1-30-20-15-16(14-19(27(28)29)22(20)31-2)32-13-4-3-8-25-9-11-26(12-10-25)18-7-5-6-17(23)21(18)24/h5-7,14-15H,3-4,8-13H2,1-2H3. The fourth-order valence-corrected chi connectivity index (χ4v) is 4.13. The minimum Gasteiger partial charge on any atom is -0.493 e. The quantitative estimate of drug-likeness (QED) is 0.270. The van der Waals surface area contributed by atoms with Gasteiger partial charge in [-0.25, -0.2) is 0 Å². The smallest absolute Gasteiger partial charge is 0.318 e. The van der Waals surface area contributed by atoms with Gasteiger partial charge in [-0.05, 0) is 31.5 Å². The number of hydrogen-bond acceptors (Lipinski definition) is 7. The summed E-state index contributed by atoms with van der Waals surface area (Å²) < 4.78 is 16.0. The number of benzene rings is 2. The topological polar surface area (TPSA) is 77.3 Å². The van der Waals surface area contributed by atoms with Gasteiger partial charge in [-0.15, -0.1) is 0 Å². The van der Waals surface area contributed by atoms with Crippen LogP contribution in [-0.4, -0.2) is 63.4 Å². The van der Waals surface area contributed by atoms with E-state index in [1.54, 1.807) is 12.1 Å². The number of rotatable bonds is 10. The highest BCUT2D eigenvalue weighted by Crippen LogP contribution is 2.40. The van der Waals surface area contributed by atoms with Crippen molar-refractivity contribution in [2.75, 3.05) is 58.5 Å². The van der Waals surface area contributed by atoms with Gasteiger partial charge >= 0.3 is 5.69 Å². The van der Waals surface area contributed by atoms with Crippen molar-refractivity contribution >= 4 is 34.6 Å². The van der Waals surface area contributed by atoms with Gasteiger partial charge in [0.15, 0.2) is 5.75 Å². The summed E-state index contributed by atoms with van der Waals surface area (Å²) in [5, 5.41) is 12.5. The van der Waals surface area contributed by atoms with Gasteiger partial charge in [0.25, 0.3) is 0 Å². The zero-order chi connectivity index (χ0) is 23.1. The van der Waals surface area contributed by atoms with Crippen molar-refractivity contribution in [3.8, 4) is 17.2 Å². The lowest BCUT2D eigenvalue weighted by Gasteiger charge is -2.36. The molecule has 0 bridgehead atoms. The number of methoxy groups -OCH3 is 2. The lowest BCUT2D eigenvalue weighted by atomic mass is 10.2. The fraction of sp³-hybridized carbons (Fsp3) is 0.455. The molecule has 0 amide bonds. The van der Waals surface area contributed by atoms with E-state index in [9.17, 15) is 10.1 Å². The SMILES string of the molecule is COc1cc(OCCCCN2CCN(c3cccc(Cl)c3Cl)CC2)cc([N+](=O)[O-])c1OC. The highest BCUT2D eigenvalue weighted by molar-refractivity contribution is 6.43. The monoisotopic (exact) mass is 483 g/mol. The van der Waals surface area contributed by atoms with Crippen molar-refractivity contribution in [3.05, 3.63) is 50.5 Å². The number of hydrogen-bond donors (Lipinski definition) is 0. The van der Waals surface area contributed by atoms with Gasteiger partial charge in [0.05, 0.1) is 47.5 Å². The molecule has 0 atom stereocenters. The zero-order valence-corrected chi connectivity index (χ0v) is 19.7. The van der Waals surface area contributed by atoms with Crippen LogP contribution in [0.3, 0.4) is 0 Å². The number of anilines is 1. The Bertz CT molecular complexity index is 936. The summed E-state index contributed by atoms with van der Waals surface area (Å²) in [6.07, 6.45) is 1.80. The molecule has 0 saturated carbocycles. The lowest BCUT2D eigenvalue weighted by Crippen LogP contribution is -2.46. The third kappa shape index (κ3) is 5.88. The van der Waals surface area contributed by atoms with E-state index in [1.807, 2.05) is 12.1 Å². The Morgan fingerprint density at radius 1 is 1.06 bits per heavy atom. The molecular formula is C22H27Cl2N3O5. The van der Waals surface area contributed by atoms with E-state index in [4.69, 9.17) is 37.4 Å². The Hall–Kier alpha value is -2.42. The highest BCUT2D eigenvalue weighted by atomic mass is 35.5. The molecule has 1 saturated heterocycles. The first-order valence-corrected chi connectivity index (χ1v) is 11.1. The van der Waals surface area contributed by atoms with Gasteiger partial charge in [0.2, 0.25) is 5.75 Å². The number of nitro benzene ring substituents is 1. The van der Waals surface area contributed by atoms with Gasteiger partial charge in [0.1, 0.15) is 5.75 Å². The highest BCUT2D eigenvalue weighted by Gasteiger charge is 2.22. The summed E-state index contributed by atoms with van der Waals surface area (Å²) in [5.41, 5.74) is 0.802. The van der Waals surface area contributed by atoms with Crippen LogP contribution in [0.25, 0.3) is 0 Å². The largest absolute Gasteiger partial charge is 0.493 e. The molecule has 0 radical (unpaired) electrons. The van der Waals surface area contributed by atoms with Crippen LogP contribution in [0.4, 0.5) is 11.4 Å². The molecule has 1 fully saturated rings. The molecule has 0 aliphatic carbocycles. The Morgan fingerprint density at radius 2 is 1.81 bits per heavy atom. The Kier molecular flexibility index (Phi) is 8.67. The van der Waals surface area contributed by atoms with Crippen LogP contribution in [0.1, 0.15) is 12.8 Å². The minimum atomic E-state index is -0.509. The van der Waals surface area contributed by atoms with E-state index in [1.165, 1.54) is 20.3 Å². The van der Waals surface area contributed by atoms with E-state index >= 15 is 0 Å². The van der Waals surface area contributed by atoms with Gasteiger partial charge in [-0.3, -0.25) is 15.0 Å². The molecule has 1 aliphatic rings. The molecule has 32 heavy (non-hydrogen) atoms. The summed E-state index contributed by atoms with van der Waals surface area (Å²) >= 11 is 12.5. The molecule has 10 heteroatoms. The van der Waals surface area contributed by atoms with E-state index in [0.29, 0.717) is 22.4 Å². The summed E-state index contributed by atoms with van der Waals surface area (Å²) in [7, 11) is 2.81. The number of halogens is 2. The second-order valence-corrected chi connectivity index (χ2v) is 8.18. The first kappa shape index (κ1) is 24.2.